The van der Waals surface area contributed by atoms with Crippen molar-refractivity contribution in [3.63, 3.8) is 0 Å². The molecule has 0 fully saturated rings. The minimum absolute atomic E-state index is 0.0537. The lowest BCUT2D eigenvalue weighted by molar-refractivity contribution is -0.284. The fourth-order valence-electron chi connectivity index (χ4n) is 1.45. The second-order valence-electron chi connectivity index (χ2n) is 4.82. The molecular formula is C12H19F5O2S. The molecular weight excluding hydrogens is 303 g/mol. The first-order valence-electron chi connectivity index (χ1n) is 6.15. The first-order valence-corrected chi connectivity index (χ1v) is 7.20. The number of rotatable bonds is 8. The van der Waals surface area contributed by atoms with Crippen LogP contribution in [-0.4, -0.2) is 36.2 Å². The van der Waals surface area contributed by atoms with Crippen LogP contribution in [0.1, 0.15) is 33.1 Å². The molecule has 0 amide bonds. The number of halogens is 5. The Labute approximate surface area is 119 Å². The summed E-state index contributed by atoms with van der Waals surface area (Å²) in [5.41, 5.74) is 0. The van der Waals surface area contributed by atoms with E-state index in [9.17, 15) is 26.7 Å². The largest absolute Gasteiger partial charge is 0.468 e. The Morgan fingerprint density at radius 3 is 2.15 bits per heavy atom. The highest BCUT2D eigenvalue weighted by Crippen LogP contribution is 2.39. The summed E-state index contributed by atoms with van der Waals surface area (Å²) >= 11 is 1.06. The Balaban J connectivity index is 4.22. The van der Waals surface area contributed by atoms with Crippen molar-refractivity contribution in [1.29, 1.82) is 0 Å². The van der Waals surface area contributed by atoms with Gasteiger partial charge in [-0.25, -0.2) is 0 Å². The number of esters is 1. The second-order valence-corrected chi connectivity index (χ2v) is 6.13. The van der Waals surface area contributed by atoms with Crippen molar-refractivity contribution < 1.29 is 31.5 Å². The average molecular weight is 322 g/mol. The van der Waals surface area contributed by atoms with Gasteiger partial charge in [-0.2, -0.15) is 22.0 Å². The van der Waals surface area contributed by atoms with Gasteiger partial charge in [-0.15, -0.1) is 11.8 Å². The summed E-state index contributed by atoms with van der Waals surface area (Å²) in [6.07, 6.45) is -6.60. The Morgan fingerprint density at radius 1 is 1.20 bits per heavy atom. The van der Waals surface area contributed by atoms with Crippen LogP contribution in [0.15, 0.2) is 0 Å². The van der Waals surface area contributed by atoms with E-state index in [1.807, 2.05) is 13.8 Å². The van der Waals surface area contributed by atoms with Crippen LogP contribution in [0.3, 0.4) is 0 Å². The smallest absolute Gasteiger partial charge is 0.453 e. The van der Waals surface area contributed by atoms with E-state index in [2.05, 4.69) is 4.74 Å². The van der Waals surface area contributed by atoms with E-state index in [1.54, 1.807) is 0 Å². The highest BCUT2D eigenvalue weighted by atomic mass is 32.2. The second kappa shape index (κ2) is 8.05. The molecule has 1 atom stereocenters. The summed E-state index contributed by atoms with van der Waals surface area (Å²) in [5.74, 6) is -4.90. The minimum atomic E-state index is -5.52. The molecule has 0 spiro atoms. The Kier molecular flexibility index (Phi) is 7.83. The lowest BCUT2D eigenvalue weighted by Gasteiger charge is -2.20. The summed E-state index contributed by atoms with van der Waals surface area (Å²) in [6, 6.07) is 0. The van der Waals surface area contributed by atoms with E-state index in [1.165, 1.54) is 7.11 Å². The van der Waals surface area contributed by atoms with Gasteiger partial charge in [0.25, 0.3) is 0 Å². The van der Waals surface area contributed by atoms with E-state index >= 15 is 0 Å². The molecule has 2 nitrogen and oxygen atoms in total. The van der Waals surface area contributed by atoms with Gasteiger partial charge in [-0.3, -0.25) is 4.79 Å². The predicted molar refractivity (Wildman–Crippen MR) is 68.0 cm³/mol. The van der Waals surface area contributed by atoms with Crippen LogP contribution in [0.2, 0.25) is 0 Å². The van der Waals surface area contributed by atoms with Crippen molar-refractivity contribution >= 4 is 17.7 Å². The summed E-state index contributed by atoms with van der Waals surface area (Å²) in [7, 11) is 1.22. The van der Waals surface area contributed by atoms with Gasteiger partial charge in [0.15, 0.2) is 0 Å². The SMILES string of the molecule is COC(=O)C(CC(C)C)SCCCC(F)(F)C(F)(F)F. The number of ether oxygens (including phenoxy) is 1. The van der Waals surface area contributed by atoms with Crippen molar-refractivity contribution in [3.8, 4) is 0 Å². The van der Waals surface area contributed by atoms with Crippen LogP contribution in [0, 0.1) is 5.92 Å². The molecule has 0 heterocycles. The molecule has 0 aromatic rings. The topological polar surface area (TPSA) is 26.3 Å². The summed E-state index contributed by atoms with van der Waals surface area (Å²) in [6.45, 7) is 3.77. The average Bonchev–Trinajstić information content (AvgIpc) is 2.30. The summed E-state index contributed by atoms with van der Waals surface area (Å²) < 4.78 is 65.7. The van der Waals surface area contributed by atoms with E-state index in [0.717, 1.165) is 11.8 Å². The quantitative estimate of drug-likeness (QED) is 0.379. The van der Waals surface area contributed by atoms with Crippen molar-refractivity contribution in [2.24, 2.45) is 5.92 Å². The number of carbonyl (C=O) groups excluding carboxylic acids is 1. The van der Waals surface area contributed by atoms with Gasteiger partial charge in [0, 0.05) is 6.42 Å². The van der Waals surface area contributed by atoms with E-state index in [-0.39, 0.29) is 18.1 Å². The fraction of sp³-hybridized carbons (Fsp3) is 0.917. The first-order chi connectivity index (χ1) is 9.01. The fourth-order valence-corrected chi connectivity index (χ4v) is 2.80. The van der Waals surface area contributed by atoms with Gasteiger partial charge in [0.05, 0.1) is 7.11 Å². The monoisotopic (exact) mass is 322 g/mol. The summed E-state index contributed by atoms with van der Waals surface area (Å²) in [5, 5.41) is -0.528. The molecule has 0 N–H and O–H groups in total. The molecule has 0 aromatic heterocycles. The number of hydrogen-bond acceptors (Lipinski definition) is 3. The maximum atomic E-state index is 12.7. The zero-order chi connectivity index (χ0) is 16.0. The number of hydrogen-bond donors (Lipinski definition) is 0. The first kappa shape index (κ1) is 19.5. The standard InChI is InChI=1S/C12H19F5O2S/c1-8(2)7-9(10(18)19-3)20-6-4-5-11(13,14)12(15,16)17/h8-9H,4-7H2,1-3H3. The van der Waals surface area contributed by atoms with Crippen LogP contribution in [0.25, 0.3) is 0 Å². The number of methoxy groups -OCH3 is 1. The molecule has 120 valence electrons. The van der Waals surface area contributed by atoms with Crippen LogP contribution in [-0.2, 0) is 9.53 Å². The van der Waals surface area contributed by atoms with Gasteiger partial charge in [0.2, 0.25) is 0 Å². The number of alkyl halides is 5. The molecule has 20 heavy (non-hydrogen) atoms. The molecule has 0 aromatic carbocycles. The zero-order valence-electron chi connectivity index (χ0n) is 11.6. The van der Waals surface area contributed by atoms with Crippen LogP contribution in [0.4, 0.5) is 22.0 Å². The summed E-state index contributed by atoms with van der Waals surface area (Å²) in [4.78, 5) is 11.4. The third-order valence-corrected chi connectivity index (χ3v) is 3.83. The van der Waals surface area contributed by atoms with Crippen molar-refractivity contribution in [3.05, 3.63) is 0 Å². The number of thioether (sulfide) groups is 1. The van der Waals surface area contributed by atoms with E-state index in [4.69, 9.17) is 0 Å². The van der Waals surface area contributed by atoms with Gasteiger partial charge < -0.3 is 4.74 Å². The molecule has 0 radical (unpaired) electrons. The highest BCUT2D eigenvalue weighted by molar-refractivity contribution is 8.00. The van der Waals surface area contributed by atoms with Crippen LogP contribution < -0.4 is 0 Å². The highest BCUT2D eigenvalue weighted by Gasteiger charge is 2.56. The van der Waals surface area contributed by atoms with Crippen LogP contribution >= 0.6 is 11.8 Å². The van der Waals surface area contributed by atoms with E-state index in [0.29, 0.717) is 6.42 Å². The minimum Gasteiger partial charge on any atom is -0.468 e. The Morgan fingerprint density at radius 2 is 1.75 bits per heavy atom. The Hall–Kier alpha value is -0.530. The molecule has 0 aliphatic rings. The molecule has 1 unspecified atom stereocenters. The molecule has 8 heteroatoms. The van der Waals surface area contributed by atoms with Crippen molar-refractivity contribution in [2.45, 2.75) is 50.5 Å². The lowest BCUT2D eigenvalue weighted by atomic mass is 10.1. The molecule has 0 bridgehead atoms. The van der Waals surface area contributed by atoms with Gasteiger partial charge >= 0.3 is 18.1 Å². The number of carbonyl (C=O) groups is 1. The predicted octanol–water partition coefficient (Wildman–Crippen LogP) is 4.29. The third-order valence-electron chi connectivity index (χ3n) is 2.52. The molecule has 0 saturated heterocycles. The zero-order valence-corrected chi connectivity index (χ0v) is 12.4. The molecule has 0 rings (SSSR count). The molecule has 0 aliphatic heterocycles. The van der Waals surface area contributed by atoms with Crippen molar-refractivity contribution in [2.75, 3.05) is 12.9 Å². The molecule has 0 saturated carbocycles. The normalized spacial score (nSPS) is 14.4. The maximum Gasteiger partial charge on any atom is 0.453 e. The maximum absolute atomic E-state index is 12.7. The van der Waals surface area contributed by atoms with Crippen molar-refractivity contribution in [1.82, 2.24) is 0 Å². The molecule has 0 aliphatic carbocycles. The van der Waals surface area contributed by atoms with Gasteiger partial charge in [0.1, 0.15) is 5.25 Å². The van der Waals surface area contributed by atoms with Crippen LogP contribution in [0.5, 0.6) is 0 Å². The Bertz CT molecular complexity index is 305. The van der Waals surface area contributed by atoms with E-state index < -0.39 is 29.7 Å². The lowest BCUT2D eigenvalue weighted by Crippen LogP contribution is -2.36. The van der Waals surface area contributed by atoms with Gasteiger partial charge in [-0.05, 0) is 24.5 Å². The third kappa shape index (κ3) is 6.76. The van der Waals surface area contributed by atoms with Gasteiger partial charge in [-0.1, -0.05) is 13.8 Å².